The fraction of sp³-hybridized carbons (Fsp3) is 0.462. The first-order valence-corrected chi connectivity index (χ1v) is 11.2. The van der Waals surface area contributed by atoms with Gasteiger partial charge in [0.05, 0.1) is 6.42 Å². The minimum atomic E-state index is -0.478. The molecule has 2 amide bonds. The summed E-state index contributed by atoms with van der Waals surface area (Å²) in [5.74, 6) is -0.0340. The Kier molecular flexibility index (Phi) is 8.06. The molecule has 1 fully saturated rings. The molecule has 4 heteroatoms. The average molecular weight is 407 g/mol. The van der Waals surface area contributed by atoms with Crippen LogP contribution in [0.25, 0.3) is 0 Å². The second-order valence-corrected chi connectivity index (χ2v) is 8.50. The molecule has 1 atom stereocenters. The Morgan fingerprint density at radius 3 is 2.30 bits per heavy atom. The minimum absolute atomic E-state index is 0.000998. The molecule has 3 rings (SSSR count). The Bertz CT molecular complexity index is 811. The van der Waals surface area contributed by atoms with Gasteiger partial charge in [-0.2, -0.15) is 0 Å². The summed E-state index contributed by atoms with van der Waals surface area (Å²) < 4.78 is 0. The molecule has 2 aromatic carbocycles. The summed E-state index contributed by atoms with van der Waals surface area (Å²) in [7, 11) is 0. The van der Waals surface area contributed by atoms with Crippen molar-refractivity contribution in [3.05, 3.63) is 71.3 Å². The fourth-order valence-corrected chi connectivity index (χ4v) is 4.12. The normalized spacial score (nSPS) is 15.4. The number of carbonyl (C=O) groups is 2. The highest BCUT2D eigenvalue weighted by Crippen LogP contribution is 2.18. The molecule has 1 unspecified atom stereocenters. The summed E-state index contributed by atoms with van der Waals surface area (Å²) in [5.41, 5.74) is 3.33. The number of rotatable bonds is 8. The van der Waals surface area contributed by atoms with Crippen LogP contribution >= 0.6 is 0 Å². The largest absolute Gasteiger partial charge is 0.352 e. The minimum Gasteiger partial charge on any atom is -0.352 e. The van der Waals surface area contributed by atoms with Crippen LogP contribution in [0, 0.1) is 6.92 Å². The monoisotopic (exact) mass is 406 g/mol. The van der Waals surface area contributed by atoms with Gasteiger partial charge in [0.25, 0.3) is 0 Å². The van der Waals surface area contributed by atoms with Gasteiger partial charge in [0.1, 0.15) is 6.04 Å². The van der Waals surface area contributed by atoms with Crippen LogP contribution in [-0.4, -0.2) is 35.3 Å². The van der Waals surface area contributed by atoms with Gasteiger partial charge < -0.3 is 10.2 Å². The molecule has 1 N–H and O–H groups in total. The fourth-order valence-electron chi connectivity index (χ4n) is 4.12. The highest BCUT2D eigenvalue weighted by atomic mass is 16.2. The van der Waals surface area contributed by atoms with E-state index in [4.69, 9.17) is 0 Å². The zero-order chi connectivity index (χ0) is 21.3. The quantitative estimate of drug-likeness (QED) is 0.704. The van der Waals surface area contributed by atoms with Crippen molar-refractivity contribution in [3.63, 3.8) is 0 Å². The maximum absolute atomic E-state index is 13.2. The molecule has 1 aliphatic carbocycles. The van der Waals surface area contributed by atoms with Crippen molar-refractivity contribution in [3.8, 4) is 0 Å². The first-order chi connectivity index (χ1) is 14.5. The van der Waals surface area contributed by atoms with Crippen LogP contribution in [0.5, 0.6) is 0 Å². The van der Waals surface area contributed by atoms with E-state index < -0.39 is 6.04 Å². The smallest absolute Gasteiger partial charge is 0.242 e. The molecule has 4 nitrogen and oxygen atoms in total. The number of nitrogens with one attached hydrogen (secondary N) is 1. The topological polar surface area (TPSA) is 49.4 Å². The molecule has 0 spiro atoms. The standard InChI is InChI=1S/C26H34N2O2/c1-20-13-15-23(16-14-20)19-25(29)28(18-17-22-9-5-3-6-10-22)21(2)26(30)27-24-11-7-4-8-12-24/h3,5-6,9-10,13-16,21,24H,4,7-8,11-12,17-19H2,1-2H3,(H,27,30). The van der Waals surface area contributed by atoms with Crippen LogP contribution < -0.4 is 5.32 Å². The van der Waals surface area contributed by atoms with Crippen LogP contribution in [0.1, 0.15) is 55.7 Å². The highest BCUT2D eigenvalue weighted by molar-refractivity contribution is 5.88. The summed E-state index contributed by atoms with van der Waals surface area (Å²) in [6.45, 7) is 4.43. The van der Waals surface area contributed by atoms with Crippen LogP contribution in [-0.2, 0) is 22.4 Å². The van der Waals surface area contributed by atoms with Gasteiger partial charge in [-0.15, -0.1) is 0 Å². The van der Waals surface area contributed by atoms with Gasteiger partial charge in [0.15, 0.2) is 0 Å². The molecule has 0 saturated heterocycles. The Labute approximate surface area is 180 Å². The van der Waals surface area contributed by atoms with Gasteiger partial charge in [-0.25, -0.2) is 0 Å². The summed E-state index contributed by atoms with van der Waals surface area (Å²) in [6, 6.07) is 17.9. The van der Waals surface area contributed by atoms with E-state index in [1.54, 1.807) is 4.90 Å². The number of carbonyl (C=O) groups excluding carboxylic acids is 2. The first-order valence-electron chi connectivity index (χ1n) is 11.2. The third kappa shape index (κ3) is 6.45. The Balaban J connectivity index is 1.68. The number of hydrogen-bond donors (Lipinski definition) is 1. The van der Waals surface area contributed by atoms with E-state index in [0.717, 1.165) is 24.8 Å². The molecule has 1 saturated carbocycles. The lowest BCUT2D eigenvalue weighted by atomic mass is 9.95. The van der Waals surface area contributed by atoms with E-state index in [0.29, 0.717) is 13.0 Å². The van der Waals surface area contributed by atoms with Crippen LogP contribution in [0.2, 0.25) is 0 Å². The summed E-state index contributed by atoms with van der Waals surface area (Å²) in [4.78, 5) is 27.9. The van der Waals surface area contributed by atoms with Gasteiger partial charge in [-0.05, 0) is 44.2 Å². The second-order valence-electron chi connectivity index (χ2n) is 8.50. The van der Waals surface area contributed by atoms with E-state index in [1.165, 1.54) is 30.4 Å². The maximum atomic E-state index is 13.2. The van der Waals surface area contributed by atoms with E-state index in [2.05, 4.69) is 17.4 Å². The number of hydrogen-bond acceptors (Lipinski definition) is 2. The van der Waals surface area contributed by atoms with Crippen molar-refractivity contribution in [2.45, 2.75) is 70.9 Å². The molecule has 160 valence electrons. The highest BCUT2D eigenvalue weighted by Gasteiger charge is 2.27. The van der Waals surface area contributed by atoms with Crippen molar-refractivity contribution in [2.75, 3.05) is 6.54 Å². The maximum Gasteiger partial charge on any atom is 0.242 e. The zero-order valence-corrected chi connectivity index (χ0v) is 18.3. The van der Waals surface area contributed by atoms with Gasteiger partial charge >= 0.3 is 0 Å². The molecule has 1 aliphatic rings. The van der Waals surface area contributed by atoms with Crippen molar-refractivity contribution in [2.24, 2.45) is 0 Å². The Hall–Kier alpha value is -2.62. The van der Waals surface area contributed by atoms with Crippen molar-refractivity contribution in [1.82, 2.24) is 10.2 Å². The van der Waals surface area contributed by atoms with Crippen LogP contribution in [0.3, 0.4) is 0 Å². The Morgan fingerprint density at radius 2 is 1.63 bits per heavy atom. The number of benzene rings is 2. The van der Waals surface area contributed by atoms with E-state index in [-0.39, 0.29) is 17.9 Å². The van der Waals surface area contributed by atoms with Gasteiger partial charge in [-0.1, -0.05) is 79.4 Å². The summed E-state index contributed by atoms with van der Waals surface area (Å²) in [5, 5.41) is 3.19. The molecule has 2 aromatic rings. The lowest BCUT2D eigenvalue weighted by Gasteiger charge is -2.31. The van der Waals surface area contributed by atoms with Crippen molar-refractivity contribution < 1.29 is 9.59 Å². The molecule has 0 bridgehead atoms. The number of aryl methyl sites for hydroxylation is 1. The van der Waals surface area contributed by atoms with Gasteiger partial charge in [0.2, 0.25) is 11.8 Å². The average Bonchev–Trinajstić information content (AvgIpc) is 2.77. The molecular weight excluding hydrogens is 372 g/mol. The molecule has 30 heavy (non-hydrogen) atoms. The van der Waals surface area contributed by atoms with Crippen LogP contribution in [0.15, 0.2) is 54.6 Å². The molecule has 0 heterocycles. The Morgan fingerprint density at radius 1 is 0.967 bits per heavy atom. The third-order valence-electron chi connectivity index (χ3n) is 6.08. The number of amides is 2. The van der Waals surface area contributed by atoms with Gasteiger partial charge in [-0.3, -0.25) is 9.59 Å². The van der Waals surface area contributed by atoms with Crippen molar-refractivity contribution >= 4 is 11.8 Å². The lowest BCUT2D eigenvalue weighted by Crippen LogP contribution is -2.51. The first kappa shape index (κ1) is 22.1. The predicted octanol–water partition coefficient (Wildman–Crippen LogP) is 4.45. The van der Waals surface area contributed by atoms with E-state index in [9.17, 15) is 9.59 Å². The number of nitrogens with zero attached hydrogens (tertiary/aromatic N) is 1. The van der Waals surface area contributed by atoms with Crippen LogP contribution in [0.4, 0.5) is 0 Å². The predicted molar refractivity (Wildman–Crippen MR) is 121 cm³/mol. The summed E-state index contributed by atoms with van der Waals surface area (Å²) in [6.07, 6.45) is 6.73. The molecule has 0 aliphatic heterocycles. The second kappa shape index (κ2) is 11.0. The third-order valence-corrected chi connectivity index (χ3v) is 6.08. The molecular formula is C26H34N2O2. The van der Waals surface area contributed by atoms with E-state index in [1.807, 2.05) is 56.3 Å². The SMILES string of the molecule is Cc1ccc(CC(=O)N(CCc2ccccc2)C(C)C(=O)NC2CCCCC2)cc1. The molecule has 0 radical (unpaired) electrons. The molecule has 0 aromatic heterocycles. The lowest BCUT2D eigenvalue weighted by molar-refractivity contribution is -0.139. The van der Waals surface area contributed by atoms with E-state index >= 15 is 0 Å². The zero-order valence-electron chi connectivity index (χ0n) is 18.3. The van der Waals surface area contributed by atoms with Crippen molar-refractivity contribution in [1.29, 1.82) is 0 Å². The summed E-state index contributed by atoms with van der Waals surface area (Å²) >= 11 is 0. The van der Waals surface area contributed by atoms with Gasteiger partial charge in [0, 0.05) is 12.6 Å².